The Morgan fingerprint density at radius 2 is 1.68 bits per heavy atom. The molecule has 220 valence electrons. The summed E-state index contributed by atoms with van der Waals surface area (Å²) in [6, 6.07) is 6.47. The molecule has 4 rings (SSSR count). The molecular weight excluding hydrogens is 595 g/mol. The first-order valence-electron chi connectivity index (χ1n) is 12.7. The second-order valence-electron chi connectivity index (χ2n) is 9.61. The highest BCUT2D eigenvalue weighted by Crippen LogP contribution is 2.41. The highest BCUT2D eigenvalue weighted by Gasteiger charge is 2.56. The van der Waals surface area contributed by atoms with Gasteiger partial charge in [0.2, 0.25) is 0 Å². The first-order chi connectivity index (χ1) is 18.7. The molecular formula is C25H29F5N4O3S3. The molecule has 0 aromatic heterocycles. The Hall–Kier alpha value is -2.39. The number of alkyl halides is 5. The maximum atomic E-state index is 13.2. The third kappa shape index (κ3) is 6.56. The number of unbranched alkanes of at least 4 members (excludes halogenated alkanes) is 1. The maximum absolute atomic E-state index is 13.2. The zero-order valence-electron chi connectivity index (χ0n) is 21.9. The molecule has 40 heavy (non-hydrogen) atoms. The summed E-state index contributed by atoms with van der Waals surface area (Å²) in [6.07, 6.45) is -3.89. The number of piperidine rings is 1. The van der Waals surface area contributed by atoms with Crippen LogP contribution >= 0.6 is 23.1 Å². The molecule has 0 atom stereocenters. The summed E-state index contributed by atoms with van der Waals surface area (Å²) in [4.78, 5) is 19.6. The van der Waals surface area contributed by atoms with Crippen LogP contribution in [-0.2, 0) is 10.0 Å². The van der Waals surface area contributed by atoms with Gasteiger partial charge >= 0.3 is 17.8 Å². The Balaban J connectivity index is 1.53. The summed E-state index contributed by atoms with van der Waals surface area (Å²) >= 11 is 2.41. The molecule has 1 aromatic rings. The number of fused-ring (bicyclic) bond motifs is 1. The summed E-state index contributed by atoms with van der Waals surface area (Å²) in [5.74, 6) is -4.74. The Kier molecular flexibility index (Phi) is 9.05. The van der Waals surface area contributed by atoms with E-state index >= 15 is 0 Å². The number of nitrogens with zero attached hydrogens (tertiary/aromatic N) is 3. The minimum Gasteiger partial charge on any atom is -0.372 e. The van der Waals surface area contributed by atoms with Crippen molar-refractivity contribution in [2.45, 2.75) is 73.6 Å². The monoisotopic (exact) mass is 624 g/mol. The maximum Gasteiger partial charge on any atom is 0.453 e. The molecule has 1 aromatic carbocycles. The lowest BCUT2D eigenvalue weighted by molar-refractivity contribution is -0.284. The third-order valence-electron chi connectivity index (χ3n) is 6.76. The number of aryl methyl sites for hydroxylation is 1. The van der Waals surface area contributed by atoms with Crippen LogP contribution in [-0.4, -0.2) is 48.9 Å². The minimum absolute atomic E-state index is 0.00541. The number of aromatic nitrogens is 2. The lowest BCUT2D eigenvalue weighted by Crippen LogP contribution is -2.36. The van der Waals surface area contributed by atoms with Gasteiger partial charge in [-0.15, -0.1) is 23.1 Å². The number of hydrogen-bond acceptors (Lipinski definition) is 7. The van der Waals surface area contributed by atoms with Crippen LogP contribution in [0.5, 0.6) is 0 Å². The molecule has 0 amide bonds. The van der Waals surface area contributed by atoms with E-state index in [1.165, 1.54) is 34.5 Å². The number of anilines is 2. The first-order valence-corrected chi connectivity index (χ1v) is 16.0. The number of imidazole rings is 1. The fraction of sp³-hybridized carbons (Fsp3) is 0.520. The zero-order valence-corrected chi connectivity index (χ0v) is 24.3. The van der Waals surface area contributed by atoms with E-state index in [4.69, 9.17) is 0 Å². The van der Waals surface area contributed by atoms with Gasteiger partial charge in [-0.05, 0) is 76.0 Å². The minimum atomic E-state index is -5.59. The van der Waals surface area contributed by atoms with Gasteiger partial charge in [0.1, 0.15) is 5.69 Å². The molecule has 1 fully saturated rings. The van der Waals surface area contributed by atoms with Crippen LogP contribution in [0.3, 0.4) is 0 Å². The largest absolute Gasteiger partial charge is 0.453 e. The van der Waals surface area contributed by atoms with Crippen molar-refractivity contribution in [2.75, 3.05) is 28.5 Å². The lowest BCUT2D eigenvalue weighted by atomic mass is 10.1. The van der Waals surface area contributed by atoms with Crippen LogP contribution in [0.15, 0.2) is 38.2 Å². The van der Waals surface area contributed by atoms with Gasteiger partial charge in [-0.2, -0.15) is 26.9 Å². The zero-order chi connectivity index (χ0) is 29.3. The lowest BCUT2D eigenvalue weighted by Gasteiger charge is -2.28. The van der Waals surface area contributed by atoms with E-state index < -0.39 is 34.2 Å². The number of nitrogens with one attached hydrogen (secondary N) is 1. The summed E-state index contributed by atoms with van der Waals surface area (Å²) in [7, 11) is -4.12. The molecule has 3 aliphatic rings. The second-order valence-corrected chi connectivity index (χ2v) is 13.9. The normalized spacial score (nSPS) is 15.1. The van der Waals surface area contributed by atoms with Crippen molar-refractivity contribution < 1.29 is 30.4 Å². The van der Waals surface area contributed by atoms with E-state index in [1.54, 1.807) is 26.0 Å². The van der Waals surface area contributed by atoms with E-state index in [1.807, 2.05) is 0 Å². The molecule has 15 heteroatoms. The molecule has 0 radical (unpaired) electrons. The van der Waals surface area contributed by atoms with Gasteiger partial charge in [-0.1, -0.05) is 0 Å². The topological polar surface area (TPSA) is 84.3 Å². The number of sulfonamides is 1. The van der Waals surface area contributed by atoms with Gasteiger partial charge in [0.05, 0.1) is 9.10 Å². The van der Waals surface area contributed by atoms with E-state index in [-0.39, 0.29) is 35.0 Å². The Bertz CT molecular complexity index is 1460. The van der Waals surface area contributed by atoms with Crippen molar-refractivity contribution in [1.29, 1.82) is 0 Å². The fourth-order valence-corrected chi connectivity index (χ4v) is 7.95. The van der Waals surface area contributed by atoms with Crippen LogP contribution in [0.1, 0.15) is 49.1 Å². The number of halogens is 5. The quantitative estimate of drug-likeness (QED) is 0.156. The summed E-state index contributed by atoms with van der Waals surface area (Å²) in [5, 5.41) is 0. The van der Waals surface area contributed by atoms with E-state index in [2.05, 4.69) is 14.6 Å². The number of thioether (sulfide) groups is 1. The number of hydrogen-bond donors (Lipinski definition) is 1. The second kappa shape index (κ2) is 11.8. The molecule has 0 aliphatic carbocycles. The van der Waals surface area contributed by atoms with Crippen molar-refractivity contribution in [2.24, 2.45) is 0 Å². The average molecular weight is 625 g/mol. The SMILES string of the molecule is Cc1sc(SCCCCC(F)(F)C(F)(F)F)c2c(NS(=O)(=O)c3ccc(N4CCCCC4)cc3)nc(=O)n-2c1C. The summed E-state index contributed by atoms with van der Waals surface area (Å²) in [6.45, 7) is 5.26. The van der Waals surface area contributed by atoms with Crippen molar-refractivity contribution in [3.8, 4) is 5.69 Å². The Morgan fingerprint density at radius 3 is 2.30 bits per heavy atom. The molecule has 0 spiro atoms. The smallest absolute Gasteiger partial charge is 0.372 e. The Morgan fingerprint density at radius 1 is 1.02 bits per heavy atom. The van der Waals surface area contributed by atoms with E-state index in [9.17, 15) is 35.2 Å². The predicted molar refractivity (Wildman–Crippen MR) is 147 cm³/mol. The van der Waals surface area contributed by atoms with Gasteiger partial charge in [0.25, 0.3) is 10.0 Å². The van der Waals surface area contributed by atoms with Gasteiger partial charge < -0.3 is 4.90 Å². The predicted octanol–water partition coefficient (Wildman–Crippen LogP) is 6.60. The average Bonchev–Trinajstić information content (AvgIpc) is 3.21. The van der Waals surface area contributed by atoms with Crippen molar-refractivity contribution in [3.63, 3.8) is 0 Å². The highest BCUT2D eigenvalue weighted by molar-refractivity contribution is 8.01. The summed E-state index contributed by atoms with van der Waals surface area (Å²) < 4.78 is 94.4. The van der Waals surface area contributed by atoms with Crippen molar-refractivity contribution >= 4 is 44.6 Å². The van der Waals surface area contributed by atoms with Crippen LogP contribution in [0.2, 0.25) is 0 Å². The van der Waals surface area contributed by atoms with Crippen LogP contribution in [0, 0.1) is 13.8 Å². The summed E-state index contributed by atoms with van der Waals surface area (Å²) in [5.41, 5.74) is 1.01. The van der Waals surface area contributed by atoms with Crippen molar-refractivity contribution in [3.05, 3.63) is 45.3 Å². The molecule has 3 aliphatic heterocycles. The molecule has 3 heterocycles. The number of benzene rings is 1. The molecule has 1 N–H and O–H groups in total. The standard InChI is InChI=1S/C25H29F5N4O3S3/c1-16-17(2)39-22(38-15-7-4-12-24(26,27)25(28,29)30)20-21(31-23(35)34(16)20)32-40(36,37)19-10-8-18(9-11-19)33-13-5-3-6-14-33/h8-11H,3-7,12-15H2,1-2H3,(H,31,32,35). The van der Waals surface area contributed by atoms with Gasteiger partial charge in [-0.3, -0.25) is 9.29 Å². The molecule has 0 saturated carbocycles. The third-order valence-corrected chi connectivity index (χ3v) is 10.7. The van der Waals surface area contributed by atoms with Gasteiger partial charge in [-0.25, -0.2) is 13.2 Å². The van der Waals surface area contributed by atoms with Crippen LogP contribution in [0.4, 0.5) is 33.5 Å². The Labute approximate surface area is 237 Å². The molecule has 0 unspecified atom stereocenters. The fourth-order valence-electron chi connectivity index (χ4n) is 4.42. The van der Waals surface area contributed by atoms with E-state index in [0.29, 0.717) is 9.90 Å². The van der Waals surface area contributed by atoms with Crippen molar-refractivity contribution in [1.82, 2.24) is 9.55 Å². The highest BCUT2D eigenvalue weighted by atomic mass is 32.2. The number of rotatable bonds is 10. The van der Waals surface area contributed by atoms with Crippen LogP contribution < -0.4 is 15.3 Å². The van der Waals surface area contributed by atoms with Gasteiger partial charge in [0, 0.05) is 35.8 Å². The van der Waals surface area contributed by atoms with Crippen LogP contribution in [0.25, 0.3) is 5.69 Å². The molecule has 7 nitrogen and oxygen atoms in total. The molecule has 0 bridgehead atoms. The van der Waals surface area contributed by atoms with Gasteiger partial charge in [0.15, 0.2) is 5.82 Å². The first kappa shape index (κ1) is 30.6. The molecule has 1 saturated heterocycles. The van der Waals surface area contributed by atoms with E-state index in [0.717, 1.165) is 48.3 Å².